The summed E-state index contributed by atoms with van der Waals surface area (Å²) >= 11 is 0. The van der Waals surface area contributed by atoms with Crippen molar-refractivity contribution in [2.24, 2.45) is 11.7 Å². The average Bonchev–Trinajstić information content (AvgIpc) is 2.78. The summed E-state index contributed by atoms with van der Waals surface area (Å²) in [6, 6.07) is -0.103. The molecule has 2 atom stereocenters. The van der Waals surface area contributed by atoms with Crippen LogP contribution in [-0.4, -0.2) is 22.4 Å². The molecule has 0 aliphatic carbocycles. The number of nitrogens with one attached hydrogen (secondary N) is 2. The number of hydrogen-bond acceptors (Lipinski definition) is 3. The van der Waals surface area contributed by atoms with Crippen molar-refractivity contribution >= 4 is 5.91 Å². The lowest BCUT2D eigenvalue weighted by atomic mass is 10.0. The Morgan fingerprint density at radius 3 is 2.94 bits per heavy atom. The number of nitrogens with zero attached hydrogens (tertiary/aromatic N) is 1. The number of rotatable bonds is 6. The van der Waals surface area contributed by atoms with Gasteiger partial charge in [0.15, 0.2) is 0 Å². The number of hydrogen-bond donors (Lipinski definition) is 3. The minimum atomic E-state index is -0.103. The molecule has 1 rings (SSSR count). The van der Waals surface area contributed by atoms with E-state index in [0.717, 1.165) is 18.7 Å². The predicted molar refractivity (Wildman–Crippen MR) is 62.6 cm³/mol. The molecule has 90 valence electrons. The SMILES string of the molecule is CCCC(CN)C(=O)NC(C)c1ncc[nH]1. The lowest BCUT2D eigenvalue weighted by Gasteiger charge is -2.17. The van der Waals surface area contributed by atoms with Gasteiger partial charge in [-0.2, -0.15) is 0 Å². The van der Waals surface area contributed by atoms with Crippen molar-refractivity contribution in [2.75, 3.05) is 6.54 Å². The van der Waals surface area contributed by atoms with Gasteiger partial charge in [-0.3, -0.25) is 4.79 Å². The van der Waals surface area contributed by atoms with E-state index < -0.39 is 0 Å². The Balaban J connectivity index is 2.50. The topological polar surface area (TPSA) is 83.8 Å². The molecule has 0 bridgehead atoms. The van der Waals surface area contributed by atoms with Crippen molar-refractivity contribution < 1.29 is 4.79 Å². The van der Waals surface area contributed by atoms with Gasteiger partial charge in [0.25, 0.3) is 0 Å². The van der Waals surface area contributed by atoms with Gasteiger partial charge < -0.3 is 16.0 Å². The van der Waals surface area contributed by atoms with E-state index in [1.807, 2.05) is 13.8 Å². The third kappa shape index (κ3) is 3.34. The standard InChI is InChI=1S/C11H20N4O/c1-3-4-9(7-12)11(16)15-8(2)10-13-5-6-14-10/h5-6,8-9H,3-4,7,12H2,1-2H3,(H,13,14)(H,15,16). The monoisotopic (exact) mass is 224 g/mol. The highest BCUT2D eigenvalue weighted by Gasteiger charge is 2.18. The molecule has 1 aromatic heterocycles. The number of aromatic nitrogens is 2. The highest BCUT2D eigenvalue weighted by Crippen LogP contribution is 2.09. The molecular formula is C11H20N4O. The number of imidazole rings is 1. The van der Waals surface area contributed by atoms with E-state index >= 15 is 0 Å². The molecule has 5 nitrogen and oxygen atoms in total. The molecule has 0 aliphatic heterocycles. The Hall–Kier alpha value is -1.36. The number of carbonyl (C=O) groups excluding carboxylic acids is 1. The number of aromatic amines is 1. The zero-order valence-corrected chi connectivity index (χ0v) is 9.86. The third-order valence-corrected chi connectivity index (χ3v) is 2.58. The van der Waals surface area contributed by atoms with Crippen LogP contribution in [0.5, 0.6) is 0 Å². The highest BCUT2D eigenvalue weighted by atomic mass is 16.1. The Kier molecular flexibility index (Phi) is 4.98. The first kappa shape index (κ1) is 12.7. The summed E-state index contributed by atoms with van der Waals surface area (Å²) in [5.74, 6) is 0.677. The molecule has 0 saturated heterocycles. The van der Waals surface area contributed by atoms with Crippen molar-refractivity contribution in [2.45, 2.75) is 32.7 Å². The third-order valence-electron chi connectivity index (χ3n) is 2.58. The molecule has 0 spiro atoms. The number of amides is 1. The normalized spacial score (nSPS) is 14.4. The van der Waals surface area contributed by atoms with E-state index in [1.165, 1.54) is 0 Å². The lowest BCUT2D eigenvalue weighted by molar-refractivity contribution is -0.125. The summed E-state index contributed by atoms with van der Waals surface area (Å²) in [5, 5.41) is 2.91. The van der Waals surface area contributed by atoms with Gasteiger partial charge in [0, 0.05) is 18.9 Å². The Morgan fingerprint density at radius 2 is 2.44 bits per heavy atom. The minimum absolute atomic E-state index is 0.00764. The summed E-state index contributed by atoms with van der Waals surface area (Å²) in [6.45, 7) is 4.34. The van der Waals surface area contributed by atoms with Gasteiger partial charge >= 0.3 is 0 Å². The van der Waals surface area contributed by atoms with Crippen LogP contribution in [0.1, 0.15) is 38.6 Å². The van der Waals surface area contributed by atoms with E-state index in [-0.39, 0.29) is 17.9 Å². The summed E-state index contributed by atoms with van der Waals surface area (Å²) in [7, 11) is 0. The van der Waals surface area contributed by atoms with Crippen molar-refractivity contribution in [3.8, 4) is 0 Å². The van der Waals surface area contributed by atoms with Crippen LogP contribution in [0, 0.1) is 5.92 Å². The Labute approximate surface area is 95.8 Å². The van der Waals surface area contributed by atoms with E-state index in [9.17, 15) is 4.79 Å². The number of nitrogens with two attached hydrogens (primary N) is 1. The van der Waals surface area contributed by atoms with Crippen LogP contribution in [0.15, 0.2) is 12.4 Å². The number of carbonyl (C=O) groups is 1. The van der Waals surface area contributed by atoms with E-state index in [2.05, 4.69) is 15.3 Å². The van der Waals surface area contributed by atoms with Gasteiger partial charge in [0.1, 0.15) is 5.82 Å². The van der Waals surface area contributed by atoms with E-state index in [4.69, 9.17) is 5.73 Å². The maximum Gasteiger partial charge on any atom is 0.224 e. The Morgan fingerprint density at radius 1 is 1.69 bits per heavy atom. The van der Waals surface area contributed by atoms with E-state index in [1.54, 1.807) is 12.4 Å². The quantitative estimate of drug-likeness (QED) is 0.673. The second kappa shape index (κ2) is 6.27. The fraction of sp³-hybridized carbons (Fsp3) is 0.636. The van der Waals surface area contributed by atoms with Gasteiger partial charge in [-0.05, 0) is 13.3 Å². The molecule has 1 heterocycles. The Bertz CT molecular complexity index is 310. The molecule has 1 amide bonds. The van der Waals surface area contributed by atoms with Crippen LogP contribution in [0.25, 0.3) is 0 Å². The van der Waals surface area contributed by atoms with Crippen molar-refractivity contribution in [1.29, 1.82) is 0 Å². The molecule has 5 heteroatoms. The fourth-order valence-electron chi connectivity index (χ4n) is 1.62. The van der Waals surface area contributed by atoms with Crippen LogP contribution in [0.2, 0.25) is 0 Å². The van der Waals surface area contributed by atoms with Crippen LogP contribution < -0.4 is 11.1 Å². The zero-order chi connectivity index (χ0) is 12.0. The molecule has 0 saturated carbocycles. The molecule has 2 unspecified atom stereocenters. The summed E-state index contributed by atoms with van der Waals surface area (Å²) in [4.78, 5) is 18.9. The number of H-pyrrole nitrogens is 1. The lowest BCUT2D eigenvalue weighted by Crippen LogP contribution is -2.36. The molecule has 1 aromatic rings. The molecule has 4 N–H and O–H groups in total. The average molecular weight is 224 g/mol. The summed E-state index contributed by atoms with van der Waals surface area (Å²) in [5.41, 5.74) is 5.57. The second-order valence-corrected chi connectivity index (χ2v) is 3.93. The molecule has 0 aromatic carbocycles. The summed E-state index contributed by atoms with van der Waals surface area (Å²) in [6.07, 6.45) is 5.20. The van der Waals surface area contributed by atoms with Crippen molar-refractivity contribution in [3.63, 3.8) is 0 Å². The largest absolute Gasteiger partial charge is 0.347 e. The predicted octanol–water partition coefficient (Wildman–Crippen LogP) is 0.962. The first-order valence-corrected chi connectivity index (χ1v) is 5.68. The summed E-state index contributed by atoms with van der Waals surface area (Å²) < 4.78 is 0. The molecule has 16 heavy (non-hydrogen) atoms. The van der Waals surface area contributed by atoms with Gasteiger partial charge in [-0.15, -0.1) is 0 Å². The van der Waals surface area contributed by atoms with Crippen LogP contribution in [0.3, 0.4) is 0 Å². The first-order chi connectivity index (χ1) is 7.69. The van der Waals surface area contributed by atoms with Gasteiger partial charge in [0.05, 0.1) is 12.0 Å². The minimum Gasteiger partial charge on any atom is -0.347 e. The maximum absolute atomic E-state index is 11.8. The van der Waals surface area contributed by atoms with Gasteiger partial charge in [-0.1, -0.05) is 13.3 Å². The molecule has 0 aliphatic rings. The van der Waals surface area contributed by atoms with Crippen molar-refractivity contribution in [3.05, 3.63) is 18.2 Å². The van der Waals surface area contributed by atoms with Crippen LogP contribution in [0.4, 0.5) is 0 Å². The zero-order valence-electron chi connectivity index (χ0n) is 9.86. The van der Waals surface area contributed by atoms with E-state index in [0.29, 0.717) is 6.54 Å². The fourth-order valence-corrected chi connectivity index (χ4v) is 1.62. The molecular weight excluding hydrogens is 204 g/mol. The molecule has 0 radical (unpaired) electrons. The smallest absolute Gasteiger partial charge is 0.224 e. The maximum atomic E-state index is 11.8. The van der Waals surface area contributed by atoms with Crippen LogP contribution in [-0.2, 0) is 4.79 Å². The van der Waals surface area contributed by atoms with Crippen LogP contribution >= 0.6 is 0 Å². The second-order valence-electron chi connectivity index (χ2n) is 3.93. The van der Waals surface area contributed by atoms with Crippen molar-refractivity contribution in [1.82, 2.24) is 15.3 Å². The molecule has 0 fully saturated rings. The highest BCUT2D eigenvalue weighted by molar-refractivity contribution is 5.79. The first-order valence-electron chi connectivity index (χ1n) is 5.68. The van der Waals surface area contributed by atoms with Gasteiger partial charge in [-0.25, -0.2) is 4.98 Å². The van der Waals surface area contributed by atoms with Gasteiger partial charge in [0.2, 0.25) is 5.91 Å².